The summed E-state index contributed by atoms with van der Waals surface area (Å²) >= 11 is 6.29. The second-order valence-electron chi connectivity index (χ2n) is 8.45. The molecule has 10 heteroatoms. The number of hydrogen-bond acceptors (Lipinski definition) is 6. The lowest BCUT2D eigenvalue weighted by Crippen LogP contribution is -2.40. The first-order valence-electron chi connectivity index (χ1n) is 11.2. The lowest BCUT2D eigenvalue weighted by molar-refractivity contribution is -0.133. The van der Waals surface area contributed by atoms with Gasteiger partial charge < -0.3 is 10.1 Å². The topological polar surface area (TPSA) is 92.8 Å². The van der Waals surface area contributed by atoms with Crippen LogP contribution in [-0.2, 0) is 26.2 Å². The summed E-state index contributed by atoms with van der Waals surface area (Å²) in [5, 5.41) is 1.64. The highest BCUT2D eigenvalue weighted by Gasteiger charge is 2.37. The molecule has 0 saturated carbocycles. The summed E-state index contributed by atoms with van der Waals surface area (Å²) in [6, 6.07) is 6.97. The van der Waals surface area contributed by atoms with E-state index in [0.29, 0.717) is 48.0 Å². The third kappa shape index (κ3) is 6.09. The molecule has 1 N–H and O–H groups in total. The predicted octanol–water partition coefficient (Wildman–Crippen LogP) is 4.23. The molecule has 1 aliphatic rings. The Labute approximate surface area is 210 Å². The van der Waals surface area contributed by atoms with E-state index in [1.807, 2.05) is 0 Å². The number of nitrogens with zero attached hydrogens (tertiary/aromatic N) is 1. The number of aryl methyl sites for hydroxylation is 2. The van der Waals surface area contributed by atoms with Crippen molar-refractivity contribution in [2.75, 3.05) is 17.9 Å². The van der Waals surface area contributed by atoms with Crippen LogP contribution in [0.2, 0.25) is 5.02 Å². The molecule has 0 saturated heterocycles. The van der Waals surface area contributed by atoms with E-state index in [0.717, 1.165) is 16.4 Å². The number of hydrogen-bond donors (Lipinski definition) is 1. The molecular weight excluding hydrogens is 495 g/mol. The Hall–Kier alpha value is -2.75. The van der Waals surface area contributed by atoms with E-state index >= 15 is 0 Å². The first-order chi connectivity index (χ1) is 16.6. The fourth-order valence-corrected chi connectivity index (χ4v) is 6.57. The fourth-order valence-electron chi connectivity index (χ4n) is 4.22. The van der Waals surface area contributed by atoms with Gasteiger partial charge in [-0.3, -0.25) is 13.9 Å². The van der Waals surface area contributed by atoms with Gasteiger partial charge in [-0.1, -0.05) is 29.8 Å². The average molecular weight is 523 g/mol. The van der Waals surface area contributed by atoms with Crippen LogP contribution in [0.1, 0.15) is 36.0 Å². The molecule has 0 bridgehead atoms. The summed E-state index contributed by atoms with van der Waals surface area (Å²) in [5.74, 6) is -0.637. The summed E-state index contributed by atoms with van der Waals surface area (Å²) in [6.07, 6.45) is 3.77. The van der Waals surface area contributed by atoms with Crippen molar-refractivity contribution in [3.8, 4) is 5.75 Å². The minimum atomic E-state index is -4.10. The SMILES string of the molecule is CNCC(=O)Oc1c(C)cc(CN(c2ccc(F)cc2Cl)S(=O)(=O)C2CCCC=C2C=O)cc1C. The van der Waals surface area contributed by atoms with Gasteiger partial charge in [-0.15, -0.1) is 0 Å². The molecular formula is C25H28ClFN2O5S. The monoisotopic (exact) mass is 522 g/mol. The number of halogens is 2. The van der Waals surface area contributed by atoms with E-state index in [1.54, 1.807) is 39.1 Å². The van der Waals surface area contributed by atoms with Crippen LogP contribution in [0.5, 0.6) is 5.75 Å². The Balaban J connectivity index is 2.06. The molecule has 1 unspecified atom stereocenters. The van der Waals surface area contributed by atoms with Crippen molar-refractivity contribution in [1.29, 1.82) is 0 Å². The number of nitrogens with one attached hydrogen (secondary N) is 1. The number of carbonyl (C=O) groups excluding carboxylic acids is 2. The maximum Gasteiger partial charge on any atom is 0.325 e. The average Bonchev–Trinajstić information content (AvgIpc) is 2.80. The number of carbonyl (C=O) groups is 2. The number of rotatable bonds is 9. The number of benzene rings is 2. The minimum absolute atomic E-state index is 0.0453. The zero-order chi connectivity index (χ0) is 25.8. The molecule has 0 fully saturated rings. The van der Waals surface area contributed by atoms with Crippen LogP contribution in [0, 0.1) is 19.7 Å². The summed E-state index contributed by atoms with van der Waals surface area (Å²) in [5.41, 5.74) is 2.24. The highest BCUT2D eigenvalue weighted by atomic mass is 35.5. The van der Waals surface area contributed by atoms with Crippen molar-refractivity contribution in [2.45, 2.75) is 44.9 Å². The smallest absolute Gasteiger partial charge is 0.325 e. The van der Waals surface area contributed by atoms with Crippen LogP contribution in [0.15, 0.2) is 42.0 Å². The van der Waals surface area contributed by atoms with Gasteiger partial charge in [-0.25, -0.2) is 12.8 Å². The number of allylic oxidation sites excluding steroid dienone is 1. The van der Waals surface area contributed by atoms with Crippen molar-refractivity contribution in [1.82, 2.24) is 5.32 Å². The van der Waals surface area contributed by atoms with Crippen molar-refractivity contribution in [3.05, 3.63) is 69.5 Å². The molecule has 3 rings (SSSR count). The lowest BCUT2D eigenvalue weighted by atomic mass is 10.0. The van der Waals surface area contributed by atoms with Crippen molar-refractivity contribution >= 4 is 39.6 Å². The Morgan fingerprint density at radius 2 is 1.94 bits per heavy atom. The quantitative estimate of drug-likeness (QED) is 0.301. The summed E-state index contributed by atoms with van der Waals surface area (Å²) in [4.78, 5) is 23.6. The fraction of sp³-hybridized carbons (Fsp3) is 0.360. The van der Waals surface area contributed by atoms with E-state index in [2.05, 4.69) is 5.32 Å². The number of sulfonamides is 1. The van der Waals surface area contributed by atoms with Crippen LogP contribution in [-0.4, -0.2) is 39.5 Å². The summed E-state index contributed by atoms with van der Waals surface area (Å²) < 4.78 is 48.0. The Kier molecular flexibility index (Phi) is 8.69. The maximum absolute atomic E-state index is 13.8. The number of likely N-dealkylation sites (N-methyl/N-ethyl adjacent to an activating group) is 1. The molecule has 0 aromatic heterocycles. The van der Waals surface area contributed by atoms with Gasteiger partial charge >= 0.3 is 5.97 Å². The molecule has 0 amide bonds. The second kappa shape index (κ2) is 11.3. The van der Waals surface area contributed by atoms with Gasteiger partial charge in [0.25, 0.3) is 0 Å². The van der Waals surface area contributed by atoms with Gasteiger partial charge in [0.05, 0.1) is 23.8 Å². The van der Waals surface area contributed by atoms with E-state index in [4.69, 9.17) is 16.3 Å². The van der Waals surface area contributed by atoms with E-state index < -0.39 is 27.1 Å². The number of anilines is 1. The van der Waals surface area contributed by atoms with E-state index in [-0.39, 0.29) is 29.4 Å². The van der Waals surface area contributed by atoms with Gasteiger partial charge in [0, 0.05) is 5.57 Å². The number of esters is 1. The van der Waals surface area contributed by atoms with Gasteiger partial charge in [0.2, 0.25) is 10.0 Å². The van der Waals surface area contributed by atoms with Crippen LogP contribution in [0.25, 0.3) is 0 Å². The molecule has 2 aromatic rings. The van der Waals surface area contributed by atoms with Crippen LogP contribution >= 0.6 is 11.6 Å². The molecule has 1 aliphatic carbocycles. The minimum Gasteiger partial charge on any atom is -0.425 e. The van der Waals surface area contributed by atoms with Gasteiger partial charge in [-0.05, 0) is 75.0 Å². The second-order valence-corrected chi connectivity index (χ2v) is 10.9. The normalized spacial score (nSPS) is 15.9. The van der Waals surface area contributed by atoms with Crippen molar-refractivity contribution < 1.29 is 27.1 Å². The van der Waals surface area contributed by atoms with Crippen molar-refractivity contribution in [3.63, 3.8) is 0 Å². The molecule has 7 nitrogen and oxygen atoms in total. The lowest BCUT2D eigenvalue weighted by Gasteiger charge is -2.31. The highest BCUT2D eigenvalue weighted by Crippen LogP contribution is 2.36. The Bertz CT molecular complexity index is 1240. The predicted molar refractivity (Wildman–Crippen MR) is 134 cm³/mol. The Morgan fingerprint density at radius 1 is 1.26 bits per heavy atom. The Morgan fingerprint density at radius 3 is 2.54 bits per heavy atom. The molecule has 0 aliphatic heterocycles. The molecule has 0 radical (unpaired) electrons. The van der Waals surface area contributed by atoms with E-state index in [9.17, 15) is 22.4 Å². The largest absolute Gasteiger partial charge is 0.425 e. The first kappa shape index (κ1) is 26.8. The molecule has 2 aromatic carbocycles. The molecule has 35 heavy (non-hydrogen) atoms. The third-order valence-corrected chi connectivity index (χ3v) is 8.26. The molecule has 188 valence electrons. The van der Waals surface area contributed by atoms with Crippen molar-refractivity contribution in [2.24, 2.45) is 0 Å². The third-order valence-electron chi connectivity index (χ3n) is 5.79. The number of ether oxygens (including phenoxy) is 1. The van der Waals surface area contributed by atoms with Gasteiger partial charge in [0.15, 0.2) is 0 Å². The van der Waals surface area contributed by atoms with Gasteiger partial charge in [-0.2, -0.15) is 0 Å². The van der Waals surface area contributed by atoms with Crippen LogP contribution in [0.3, 0.4) is 0 Å². The standard InChI is InChI=1S/C25H28ClFN2O5S/c1-16-10-18(11-17(2)25(16)34-24(31)13-28-3)14-29(22-9-8-20(27)12-21(22)26)35(32,33)23-7-5-4-6-19(23)15-30/h6,8-12,15,23,28H,4-5,7,13-14H2,1-3H3. The van der Waals surface area contributed by atoms with Gasteiger partial charge in [0.1, 0.15) is 23.1 Å². The highest BCUT2D eigenvalue weighted by molar-refractivity contribution is 7.93. The molecule has 1 atom stereocenters. The van der Waals surface area contributed by atoms with E-state index in [1.165, 1.54) is 6.07 Å². The number of aldehydes is 1. The summed E-state index contributed by atoms with van der Waals surface area (Å²) in [7, 11) is -2.46. The molecule has 0 spiro atoms. The maximum atomic E-state index is 13.8. The first-order valence-corrected chi connectivity index (χ1v) is 13.0. The van der Waals surface area contributed by atoms with Crippen LogP contribution < -0.4 is 14.4 Å². The zero-order valence-electron chi connectivity index (χ0n) is 19.8. The zero-order valence-corrected chi connectivity index (χ0v) is 21.4. The van der Waals surface area contributed by atoms with Crippen LogP contribution in [0.4, 0.5) is 10.1 Å². The summed E-state index contributed by atoms with van der Waals surface area (Å²) in [6.45, 7) is 3.46. The molecule has 0 heterocycles.